The smallest absolute Gasteiger partial charge is 0.183 e. The van der Waals surface area contributed by atoms with Gasteiger partial charge in [-0.1, -0.05) is 0 Å². The van der Waals surface area contributed by atoms with Crippen LogP contribution >= 0.6 is 0 Å². The molecule has 0 amide bonds. The van der Waals surface area contributed by atoms with Crippen molar-refractivity contribution in [1.29, 1.82) is 5.26 Å². The second-order valence-electron chi connectivity index (χ2n) is 3.27. The van der Waals surface area contributed by atoms with Gasteiger partial charge in [-0.15, -0.1) is 0 Å². The van der Waals surface area contributed by atoms with Crippen LogP contribution < -0.4 is 4.90 Å². The summed E-state index contributed by atoms with van der Waals surface area (Å²) in [6, 6.07) is 1.97. The molecule has 2 heterocycles. The van der Waals surface area contributed by atoms with E-state index >= 15 is 0 Å². The summed E-state index contributed by atoms with van der Waals surface area (Å²) in [6.07, 6.45) is 3.02. The SMILES string of the molecule is N#Cc1nccnc1N1CC(CF)C1. The van der Waals surface area contributed by atoms with Crippen molar-refractivity contribution in [2.75, 3.05) is 24.7 Å². The number of hydrogen-bond acceptors (Lipinski definition) is 4. The van der Waals surface area contributed by atoms with Gasteiger partial charge in [-0.3, -0.25) is 4.39 Å². The lowest BCUT2D eigenvalue weighted by molar-refractivity contribution is 0.304. The van der Waals surface area contributed by atoms with Crippen molar-refractivity contribution in [3.05, 3.63) is 18.1 Å². The lowest BCUT2D eigenvalue weighted by Gasteiger charge is -2.38. The summed E-state index contributed by atoms with van der Waals surface area (Å²) in [6.45, 7) is 0.951. The second-order valence-corrected chi connectivity index (χ2v) is 3.27. The first-order valence-corrected chi connectivity index (χ1v) is 4.37. The molecular formula is C9H9FN4. The maximum absolute atomic E-state index is 12.2. The van der Waals surface area contributed by atoms with Crippen LogP contribution in [-0.4, -0.2) is 29.7 Å². The minimum Gasteiger partial charge on any atom is -0.353 e. The molecule has 0 aliphatic carbocycles. The van der Waals surface area contributed by atoms with Gasteiger partial charge in [0.05, 0.1) is 6.67 Å². The summed E-state index contributed by atoms with van der Waals surface area (Å²) in [7, 11) is 0. The predicted molar refractivity (Wildman–Crippen MR) is 48.4 cm³/mol. The van der Waals surface area contributed by atoms with Crippen molar-refractivity contribution in [1.82, 2.24) is 9.97 Å². The zero-order valence-electron chi connectivity index (χ0n) is 7.52. The molecule has 5 heteroatoms. The summed E-state index contributed by atoms with van der Waals surface area (Å²) in [4.78, 5) is 9.82. The standard InChI is InChI=1S/C9H9FN4/c10-3-7-5-14(6-7)9-8(4-11)12-1-2-13-9/h1-2,7H,3,5-6H2. The van der Waals surface area contributed by atoms with Crippen LogP contribution in [-0.2, 0) is 0 Å². The third-order valence-corrected chi connectivity index (χ3v) is 2.26. The Labute approximate surface area is 81.0 Å². The van der Waals surface area contributed by atoms with Crippen LogP contribution in [0.25, 0.3) is 0 Å². The molecule has 1 aromatic heterocycles. The average molecular weight is 192 g/mol. The van der Waals surface area contributed by atoms with Gasteiger partial charge in [0.1, 0.15) is 6.07 Å². The minimum absolute atomic E-state index is 0.0866. The highest BCUT2D eigenvalue weighted by molar-refractivity contribution is 5.51. The topological polar surface area (TPSA) is 52.8 Å². The van der Waals surface area contributed by atoms with Crippen LogP contribution in [0.2, 0.25) is 0 Å². The summed E-state index contributed by atoms with van der Waals surface area (Å²) in [5.41, 5.74) is 0.310. The third kappa shape index (κ3) is 1.39. The number of halogens is 1. The first-order chi connectivity index (χ1) is 6.85. The Balaban J connectivity index is 2.15. The van der Waals surface area contributed by atoms with E-state index in [1.165, 1.54) is 6.20 Å². The van der Waals surface area contributed by atoms with Crippen LogP contribution in [0.15, 0.2) is 12.4 Å². The molecular weight excluding hydrogens is 183 g/mol. The molecule has 0 spiro atoms. The lowest BCUT2D eigenvalue weighted by atomic mass is 10.0. The number of aromatic nitrogens is 2. The van der Waals surface area contributed by atoms with Crippen molar-refractivity contribution in [3.8, 4) is 6.07 Å². The van der Waals surface area contributed by atoms with Gasteiger partial charge in [-0.25, -0.2) is 9.97 Å². The van der Waals surface area contributed by atoms with Crippen molar-refractivity contribution in [3.63, 3.8) is 0 Å². The maximum Gasteiger partial charge on any atom is 0.183 e. The van der Waals surface area contributed by atoms with Crippen LogP contribution in [0, 0.1) is 17.2 Å². The molecule has 0 N–H and O–H groups in total. The van der Waals surface area contributed by atoms with Crippen LogP contribution in [0.1, 0.15) is 5.69 Å². The first kappa shape index (κ1) is 8.88. The van der Waals surface area contributed by atoms with Gasteiger partial charge < -0.3 is 4.90 Å². The second kappa shape index (κ2) is 3.58. The Bertz CT molecular complexity index is 367. The van der Waals surface area contributed by atoms with Gasteiger partial charge in [0, 0.05) is 31.4 Å². The fourth-order valence-corrected chi connectivity index (χ4v) is 1.48. The Morgan fingerprint density at radius 3 is 2.86 bits per heavy atom. The quantitative estimate of drug-likeness (QED) is 0.694. The average Bonchev–Trinajstić information content (AvgIpc) is 2.17. The van der Waals surface area contributed by atoms with Crippen LogP contribution in [0.3, 0.4) is 0 Å². The van der Waals surface area contributed by atoms with Gasteiger partial charge in [-0.2, -0.15) is 5.26 Å². The van der Waals surface area contributed by atoms with E-state index in [1.54, 1.807) is 6.20 Å². The molecule has 14 heavy (non-hydrogen) atoms. The Morgan fingerprint density at radius 1 is 1.50 bits per heavy atom. The number of rotatable bonds is 2. The maximum atomic E-state index is 12.2. The molecule has 0 unspecified atom stereocenters. The van der Waals surface area contributed by atoms with E-state index in [0.717, 1.165) is 0 Å². The summed E-state index contributed by atoms with van der Waals surface area (Å²) in [5, 5.41) is 8.76. The molecule has 4 nitrogen and oxygen atoms in total. The normalized spacial score (nSPS) is 16.1. The zero-order chi connectivity index (χ0) is 9.97. The van der Waals surface area contributed by atoms with E-state index in [-0.39, 0.29) is 12.6 Å². The van der Waals surface area contributed by atoms with Crippen molar-refractivity contribution >= 4 is 5.82 Å². The lowest BCUT2D eigenvalue weighted by Crippen LogP contribution is -2.48. The van der Waals surface area contributed by atoms with E-state index in [9.17, 15) is 4.39 Å². The van der Waals surface area contributed by atoms with Crippen LogP contribution in [0.5, 0.6) is 0 Å². The molecule has 1 aliphatic heterocycles. The number of alkyl halides is 1. The van der Waals surface area contributed by atoms with E-state index in [4.69, 9.17) is 5.26 Å². The molecule has 0 bridgehead atoms. The molecule has 0 atom stereocenters. The monoisotopic (exact) mass is 192 g/mol. The molecule has 1 fully saturated rings. The zero-order valence-corrected chi connectivity index (χ0v) is 7.52. The molecule has 0 aromatic carbocycles. The highest BCUT2D eigenvalue weighted by atomic mass is 19.1. The summed E-state index contributed by atoms with van der Waals surface area (Å²) >= 11 is 0. The fraction of sp³-hybridized carbons (Fsp3) is 0.444. The Morgan fingerprint density at radius 2 is 2.21 bits per heavy atom. The van der Waals surface area contributed by atoms with Gasteiger partial charge in [0.15, 0.2) is 11.5 Å². The summed E-state index contributed by atoms with van der Waals surface area (Å²) < 4.78 is 12.2. The van der Waals surface area contributed by atoms with E-state index < -0.39 is 0 Å². The van der Waals surface area contributed by atoms with E-state index in [2.05, 4.69) is 9.97 Å². The highest BCUT2D eigenvalue weighted by Gasteiger charge is 2.29. The Hall–Kier alpha value is -1.70. The Kier molecular flexibility index (Phi) is 2.27. The van der Waals surface area contributed by atoms with E-state index in [1.807, 2.05) is 11.0 Å². The molecule has 2 rings (SSSR count). The first-order valence-electron chi connectivity index (χ1n) is 4.37. The fourth-order valence-electron chi connectivity index (χ4n) is 1.48. The number of nitrogens with zero attached hydrogens (tertiary/aromatic N) is 4. The largest absolute Gasteiger partial charge is 0.353 e. The van der Waals surface area contributed by atoms with E-state index in [0.29, 0.717) is 24.6 Å². The van der Waals surface area contributed by atoms with Crippen molar-refractivity contribution < 1.29 is 4.39 Å². The summed E-state index contributed by atoms with van der Waals surface area (Å²) in [5.74, 6) is 0.656. The molecule has 1 aromatic rings. The van der Waals surface area contributed by atoms with Crippen molar-refractivity contribution in [2.45, 2.75) is 0 Å². The third-order valence-electron chi connectivity index (χ3n) is 2.26. The highest BCUT2D eigenvalue weighted by Crippen LogP contribution is 2.24. The van der Waals surface area contributed by atoms with Gasteiger partial charge >= 0.3 is 0 Å². The number of anilines is 1. The predicted octanol–water partition coefficient (Wildman–Crippen LogP) is 0.754. The van der Waals surface area contributed by atoms with Crippen molar-refractivity contribution in [2.24, 2.45) is 5.92 Å². The molecule has 72 valence electrons. The number of hydrogen-bond donors (Lipinski definition) is 0. The molecule has 1 aliphatic rings. The van der Waals surface area contributed by atoms with Gasteiger partial charge in [0.2, 0.25) is 0 Å². The minimum atomic E-state index is -0.307. The molecule has 0 radical (unpaired) electrons. The van der Waals surface area contributed by atoms with Gasteiger partial charge in [0.25, 0.3) is 0 Å². The van der Waals surface area contributed by atoms with Gasteiger partial charge in [-0.05, 0) is 0 Å². The number of nitriles is 1. The molecule has 0 saturated carbocycles. The van der Waals surface area contributed by atoms with Crippen LogP contribution in [0.4, 0.5) is 10.2 Å². The molecule has 1 saturated heterocycles.